The van der Waals surface area contributed by atoms with E-state index < -0.39 is 0 Å². The molecule has 15 heavy (non-hydrogen) atoms. The van der Waals surface area contributed by atoms with Gasteiger partial charge >= 0.3 is 0 Å². The first-order valence-corrected chi connectivity index (χ1v) is 5.94. The van der Waals surface area contributed by atoms with Crippen LogP contribution in [0.1, 0.15) is 25.1 Å². The number of alkyl halides is 1. The molecule has 1 aromatic rings. The van der Waals surface area contributed by atoms with Crippen molar-refractivity contribution >= 4 is 11.6 Å². The van der Waals surface area contributed by atoms with Crippen molar-refractivity contribution in [1.82, 2.24) is 14.8 Å². The molecule has 1 fully saturated rings. The van der Waals surface area contributed by atoms with Gasteiger partial charge in [-0.3, -0.25) is 0 Å². The second kappa shape index (κ2) is 5.47. The van der Waals surface area contributed by atoms with E-state index in [1.807, 2.05) is 4.57 Å². The predicted molar refractivity (Wildman–Crippen MR) is 57.7 cm³/mol. The number of aromatic nitrogens is 3. The molecule has 0 radical (unpaired) electrons. The molecular weight excluding hydrogens is 214 g/mol. The fourth-order valence-electron chi connectivity index (χ4n) is 1.44. The van der Waals surface area contributed by atoms with E-state index in [9.17, 15) is 0 Å². The minimum absolute atomic E-state index is 0.420. The van der Waals surface area contributed by atoms with Crippen LogP contribution in [0.5, 0.6) is 0 Å². The van der Waals surface area contributed by atoms with Crippen LogP contribution in [0.3, 0.4) is 0 Å². The fraction of sp³-hybridized carbons (Fsp3) is 0.800. The summed E-state index contributed by atoms with van der Waals surface area (Å²) in [6.07, 6.45) is 5.41. The number of hydrogen-bond acceptors (Lipinski definition) is 3. The van der Waals surface area contributed by atoms with Gasteiger partial charge in [0.25, 0.3) is 0 Å². The Morgan fingerprint density at radius 3 is 3.13 bits per heavy atom. The van der Waals surface area contributed by atoms with Crippen LogP contribution in [0.2, 0.25) is 0 Å². The van der Waals surface area contributed by atoms with E-state index in [2.05, 4.69) is 10.2 Å². The molecule has 1 aliphatic carbocycles. The van der Waals surface area contributed by atoms with E-state index in [1.165, 1.54) is 12.8 Å². The molecule has 1 aliphatic rings. The van der Waals surface area contributed by atoms with Crippen LogP contribution in [-0.2, 0) is 17.2 Å². The second-order valence-corrected chi connectivity index (χ2v) is 4.21. The van der Waals surface area contributed by atoms with Crippen LogP contribution in [0.4, 0.5) is 0 Å². The molecule has 0 aromatic carbocycles. The molecule has 0 atom stereocenters. The normalized spacial score (nSPS) is 15.8. The Bertz CT molecular complexity index is 299. The van der Waals surface area contributed by atoms with Crippen LogP contribution in [0.25, 0.3) is 0 Å². The maximum Gasteiger partial charge on any atom is 0.147 e. The zero-order valence-electron chi connectivity index (χ0n) is 8.73. The van der Waals surface area contributed by atoms with Crippen LogP contribution in [0.15, 0.2) is 6.33 Å². The number of aryl methyl sites for hydroxylation is 1. The lowest BCUT2D eigenvalue weighted by Gasteiger charge is -2.05. The highest BCUT2D eigenvalue weighted by Crippen LogP contribution is 2.28. The first kappa shape index (κ1) is 10.9. The van der Waals surface area contributed by atoms with Crippen LogP contribution in [0, 0.1) is 5.92 Å². The van der Waals surface area contributed by atoms with Crippen molar-refractivity contribution in [3.05, 3.63) is 12.2 Å². The molecule has 5 heteroatoms. The molecule has 0 bridgehead atoms. The molecule has 0 saturated heterocycles. The third-order valence-electron chi connectivity index (χ3n) is 2.55. The van der Waals surface area contributed by atoms with Crippen molar-refractivity contribution in [2.75, 3.05) is 13.2 Å². The smallest absolute Gasteiger partial charge is 0.147 e. The number of hydrogen-bond donors (Lipinski definition) is 0. The maximum atomic E-state index is 5.71. The van der Waals surface area contributed by atoms with E-state index in [0.717, 1.165) is 37.9 Å². The fourth-order valence-corrected chi connectivity index (χ4v) is 1.65. The van der Waals surface area contributed by atoms with Crippen molar-refractivity contribution in [2.45, 2.75) is 31.7 Å². The Labute approximate surface area is 94.6 Å². The molecule has 4 nitrogen and oxygen atoms in total. The summed E-state index contributed by atoms with van der Waals surface area (Å²) < 4.78 is 7.52. The van der Waals surface area contributed by atoms with Gasteiger partial charge in [0.05, 0.1) is 5.88 Å². The van der Waals surface area contributed by atoms with Gasteiger partial charge in [0.2, 0.25) is 0 Å². The lowest BCUT2D eigenvalue weighted by molar-refractivity contribution is 0.119. The van der Waals surface area contributed by atoms with Crippen LogP contribution < -0.4 is 0 Å². The lowest BCUT2D eigenvalue weighted by Crippen LogP contribution is -2.06. The number of ether oxygens (including phenoxy) is 1. The van der Waals surface area contributed by atoms with Crippen molar-refractivity contribution in [2.24, 2.45) is 5.92 Å². The van der Waals surface area contributed by atoms with Gasteiger partial charge in [-0.2, -0.15) is 0 Å². The van der Waals surface area contributed by atoms with Crippen LogP contribution >= 0.6 is 11.6 Å². The Balaban J connectivity index is 1.59. The second-order valence-electron chi connectivity index (χ2n) is 3.95. The summed E-state index contributed by atoms with van der Waals surface area (Å²) in [5.41, 5.74) is 0. The number of rotatable bonds is 7. The third-order valence-corrected chi connectivity index (χ3v) is 2.79. The highest BCUT2D eigenvalue weighted by atomic mass is 35.5. The quantitative estimate of drug-likeness (QED) is 0.529. The highest BCUT2D eigenvalue weighted by molar-refractivity contribution is 6.16. The van der Waals surface area contributed by atoms with E-state index in [1.54, 1.807) is 6.33 Å². The number of halogens is 1. The minimum Gasteiger partial charge on any atom is -0.381 e. The van der Waals surface area contributed by atoms with E-state index in [4.69, 9.17) is 16.3 Å². The average Bonchev–Trinajstić information content (AvgIpc) is 2.96. The Kier molecular flexibility index (Phi) is 3.97. The highest BCUT2D eigenvalue weighted by Gasteiger charge is 2.20. The van der Waals surface area contributed by atoms with Gasteiger partial charge in [-0.05, 0) is 25.2 Å². The standard InChI is InChI=1S/C10H16ClN3O/c11-6-10-13-12-8-14(10)4-1-5-15-7-9-2-3-9/h8-9H,1-7H2. The summed E-state index contributed by atoms with van der Waals surface area (Å²) in [5, 5.41) is 7.73. The monoisotopic (exact) mass is 229 g/mol. The molecule has 0 N–H and O–H groups in total. The maximum absolute atomic E-state index is 5.71. The van der Waals surface area contributed by atoms with Gasteiger partial charge in [0.15, 0.2) is 0 Å². The summed E-state index contributed by atoms with van der Waals surface area (Å²) >= 11 is 5.71. The molecular formula is C10H16ClN3O. The van der Waals surface area contributed by atoms with E-state index in [0.29, 0.717) is 5.88 Å². The van der Waals surface area contributed by atoms with Crippen molar-refractivity contribution < 1.29 is 4.74 Å². The molecule has 0 spiro atoms. The zero-order chi connectivity index (χ0) is 10.5. The number of nitrogens with zero attached hydrogens (tertiary/aromatic N) is 3. The first-order valence-electron chi connectivity index (χ1n) is 5.40. The summed E-state index contributed by atoms with van der Waals surface area (Å²) in [7, 11) is 0. The molecule has 1 aromatic heterocycles. The zero-order valence-corrected chi connectivity index (χ0v) is 9.49. The summed E-state index contributed by atoms with van der Waals surface area (Å²) in [5.74, 6) is 2.10. The summed E-state index contributed by atoms with van der Waals surface area (Å²) in [6.45, 7) is 2.64. The van der Waals surface area contributed by atoms with Crippen molar-refractivity contribution in [3.63, 3.8) is 0 Å². The molecule has 0 unspecified atom stereocenters. The Hall–Kier alpha value is -0.610. The third kappa shape index (κ3) is 3.47. The van der Waals surface area contributed by atoms with Crippen molar-refractivity contribution in [1.29, 1.82) is 0 Å². The van der Waals surface area contributed by atoms with Gasteiger partial charge in [-0.1, -0.05) is 0 Å². The summed E-state index contributed by atoms with van der Waals surface area (Å²) in [6, 6.07) is 0. The van der Waals surface area contributed by atoms with E-state index in [-0.39, 0.29) is 0 Å². The lowest BCUT2D eigenvalue weighted by atomic mass is 10.4. The molecule has 1 saturated carbocycles. The molecule has 0 amide bonds. The molecule has 1 heterocycles. The predicted octanol–water partition coefficient (Wildman–Crippen LogP) is 1.83. The van der Waals surface area contributed by atoms with Gasteiger partial charge < -0.3 is 9.30 Å². The average molecular weight is 230 g/mol. The molecule has 2 rings (SSSR count). The van der Waals surface area contributed by atoms with Gasteiger partial charge in [-0.15, -0.1) is 21.8 Å². The Morgan fingerprint density at radius 1 is 1.53 bits per heavy atom. The van der Waals surface area contributed by atoms with Gasteiger partial charge in [-0.25, -0.2) is 0 Å². The van der Waals surface area contributed by atoms with E-state index >= 15 is 0 Å². The minimum atomic E-state index is 0.420. The largest absolute Gasteiger partial charge is 0.381 e. The Morgan fingerprint density at radius 2 is 2.40 bits per heavy atom. The van der Waals surface area contributed by atoms with Crippen molar-refractivity contribution in [3.8, 4) is 0 Å². The summed E-state index contributed by atoms with van der Waals surface area (Å²) in [4.78, 5) is 0. The first-order chi connectivity index (χ1) is 7.40. The topological polar surface area (TPSA) is 39.9 Å². The van der Waals surface area contributed by atoms with Gasteiger partial charge in [0.1, 0.15) is 12.2 Å². The van der Waals surface area contributed by atoms with Crippen LogP contribution in [-0.4, -0.2) is 28.0 Å². The van der Waals surface area contributed by atoms with Gasteiger partial charge in [0, 0.05) is 19.8 Å². The SMILES string of the molecule is ClCc1nncn1CCCOCC1CC1. The molecule has 0 aliphatic heterocycles. The molecule has 84 valence electrons.